The van der Waals surface area contributed by atoms with E-state index in [0.717, 1.165) is 18.2 Å². The first-order chi connectivity index (χ1) is 15.9. The molecule has 1 amide bonds. The molecule has 0 bridgehead atoms. The van der Waals surface area contributed by atoms with Crippen molar-refractivity contribution < 1.29 is 26.7 Å². The van der Waals surface area contributed by atoms with Crippen molar-refractivity contribution in [3.05, 3.63) is 59.6 Å². The predicted molar refractivity (Wildman–Crippen MR) is 114 cm³/mol. The first-order valence-corrected chi connectivity index (χ1v) is 10.3. The van der Waals surface area contributed by atoms with Crippen LogP contribution in [0.5, 0.6) is 0 Å². The Morgan fingerprint density at radius 3 is 2.41 bits per heavy atom. The summed E-state index contributed by atoms with van der Waals surface area (Å²) < 4.78 is 69.2. The van der Waals surface area contributed by atoms with E-state index < -0.39 is 29.0 Å². The van der Waals surface area contributed by atoms with E-state index in [1.165, 1.54) is 17.0 Å². The monoisotopic (exact) mass is 480 g/mol. The normalized spacial score (nSPS) is 15.2. The lowest BCUT2D eigenvalue weighted by Crippen LogP contribution is -2.53. The molecule has 1 aliphatic heterocycles. The van der Waals surface area contributed by atoms with Crippen molar-refractivity contribution in [3.8, 4) is 11.3 Å². The molecule has 0 spiro atoms. The molecule has 2 aromatic heterocycles. The molecule has 1 aromatic carbocycles. The largest absolute Gasteiger partial charge is 0.433 e. The standard InChI is InChI=1S/C22H21F5N6O/c1-21(2)20-31-18(12-8-13(23)10-14(24)9-12)19(32(20)6-7-33(21)17(34)11-28)30-16-5-3-4-15(29-16)22(25,26)27/h3-5,8-10H,6-7,11,28H2,1-2H3,(H,29,30). The molecule has 7 nitrogen and oxygen atoms in total. The van der Waals surface area contributed by atoms with Crippen molar-refractivity contribution in [2.24, 2.45) is 5.73 Å². The minimum absolute atomic E-state index is 0.0707. The van der Waals surface area contributed by atoms with Gasteiger partial charge < -0.3 is 20.5 Å². The summed E-state index contributed by atoms with van der Waals surface area (Å²) in [6.07, 6.45) is -4.66. The Hall–Kier alpha value is -3.54. The number of rotatable bonds is 4. The van der Waals surface area contributed by atoms with Gasteiger partial charge in [0.2, 0.25) is 5.91 Å². The summed E-state index contributed by atoms with van der Waals surface area (Å²) in [7, 11) is 0. The lowest BCUT2D eigenvalue weighted by molar-refractivity contribution is -0.141. The molecule has 0 radical (unpaired) electrons. The third-order valence-electron chi connectivity index (χ3n) is 5.63. The predicted octanol–water partition coefficient (Wildman–Crippen LogP) is 4.02. The zero-order valence-corrected chi connectivity index (χ0v) is 18.2. The lowest BCUT2D eigenvalue weighted by atomic mass is 9.99. The van der Waals surface area contributed by atoms with Crippen molar-refractivity contribution in [2.75, 3.05) is 18.4 Å². The van der Waals surface area contributed by atoms with Crippen LogP contribution in [-0.2, 0) is 23.1 Å². The van der Waals surface area contributed by atoms with Crippen molar-refractivity contribution in [1.82, 2.24) is 19.4 Å². The van der Waals surface area contributed by atoms with Crippen LogP contribution >= 0.6 is 0 Å². The van der Waals surface area contributed by atoms with Gasteiger partial charge in [0.15, 0.2) is 0 Å². The number of nitrogens with zero attached hydrogens (tertiary/aromatic N) is 4. The van der Waals surface area contributed by atoms with Crippen LogP contribution < -0.4 is 11.1 Å². The van der Waals surface area contributed by atoms with Crippen LogP contribution in [0.2, 0.25) is 0 Å². The molecule has 4 rings (SSSR count). The molecule has 3 aromatic rings. The number of hydrogen-bond acceptors (Lipinski definition) is 5. The molecule has 12 heteroatoms. The second-order valence-electron chi connectivity index (χ2n) is 8.28. The minimum atomic E-state index is -4.66. The molecule has 3 N–H and O–H groups in total. The van der Waals surface area contributed by atoms with Gasteiger partial charge in [0.25, 0.3) is 0 Å². The topological polar surface area (TPSA) is 89.1 Å². The van der Waals surface area contributed by atoms with Gasteiger partial charge in [-0.05, 0) is 38.1 Å². The molecule has 3 heterocycles. The molecule has 0 atom stereocenters. The number of halogens is 5. The Kier molecular flexibility index (Phi) is 5.80. The van der Waals surface area contributed by atoms with E-state index in [9.17, 15) is 26.7 Å². The summed E-state index contributed by atoms with van der Waals surface area (Å²) in [5.74, 6) is -1.57. The summed E-state index contributed by atoms with van der Waals surface area (Å²) in [6.45, 7) is 3.72. The third kappa shape index (κ3) is 4.20. The number of fused-ring (bicyclic) bond motifs is 1. The molecule has 0 aliphatic carbocycles. The van der Waals surface area contributed by atoms with Gasteiger partial charge in [-0.1, -0.05) is 6.07 Å². The van der Waals surface area contributed by atoms with E-state index in [1.807, 2.05) is 0 Å². The molecule has 0 unspecified atom stereocenters. The molecule has 180 valence electrons. The van der Waals surface area contributed by atoms with Gasteiger partial charge >= 0.3 is 6.18 Å². The number of imidazole rings is 1. The van der Waals surface area contributed by atoms with Crippen LogP contribution in [0.25, 0.3) is 11.3 Å². The second-order valence-corrected chi connectivity index (χ2v) is 8.28. The van der Waals surface area contributed by atoms with E-state index in [2.05, 4.69) is 15.3 Å². The van der Waals surface area contributed by atoms with Crippen LogP contribution in [0.15, 0.2) is 36.4 Å². The molecule has 0 fully saturated rings. The summed E-state index contributed by atoms with van der Waals surface area (Å²) in [4.78, 5) is 22.1. The fourth-order valence-electron chi connectivity index (χ4n) is 4.09. The molecular weight excluding hydrogens is 459 g/mol. The maximum Gasteiger partial charge on any atom is 0.433 e. The van der Waals surface area contributed by atoms with Crippen molar-refractivity contribution in [2.45, 2.75) is 32.1 Å². The van der Waals surface area contributed by atoms with Gasteiger partial charge in [-0.15, -0.1) is 0 Å². The van der Waals surface area contributed by atoms with Crippen LogP contribution in [0.3, 0.4) is 0 Å². The van der Waals surface area contributed by atoms with Gasteiger partial charge in [-0.25, -0.2) is 18.7 Å². The summed E-state index contributed by atoms with van der Waals surface area (Å²) >= 11 is 0. The van der Waals surface area contributed by atoms with Gasteiger partial charge in [-0.2, -0.15) is 13.2 Å². The van der Waals surface area contributed by atoms with Gasteiger partial charge in [0, 0.05) is 24.7 Å². The quantitative estimate of drug-likeness (QED) is 0.551. The maximum absolute atomic E-state index is 14.0. The smallest absolute Gasteiger partial charge is 0.327 e. The second kappa shape index (κ2) is 8.35. The molecular formula is C22H21F5N6O. The number of aromatic nitrogens is 3. The number of carbonyl (C=O) groups excluding carboxylic acids is 1. The number of benzene rings is 1. The molecule has 34 heavy (non-hydrogen) atoms. The molecule has 0 saturated heterocycles. The average molecular weight is 480 g/mol. The average Bonchev–Trinajstić information content (AvgIpc) is 3.12. The zero-order valence-electron chi connectivity index (χ0n) is 18.2. The number of alkyl halides is 3. The number of anilines is 2. The Labute approximate surface area is 191 Å². The van der Waals surface area contributed by atoms with Crippen LogP contribution in [0, 0.1) is 11.6 Å². The SMILES string of the molecule is CC1(C)c2nc(-c3cc(F)cc(F)c3)c(Nc3cccc(C(F)(F)F)n3)n2CCN1C(=O)CN. The number of carbonyl (C=O) groups is 1. The van der Waals surface area contributed by atoms with E-state index in [1.54, 1.807) is 18.4 Å². The third-order valence-corrected chi connectivity index (χ3v) is 5.63. The van der Waals surface area contributed by atoms with Crippen molar-refractivity contribution >= 4 is 17.5 Å². The number of pyridine rings is 1. The minimum Gasteiger partial charge on any atom is -0.327 e. The Morgan fingerprint density at radius 2 is 1.79 bits per heavy atom. The first-order valence-electron chi connectivity index (χ1n) is 10.3. The van der Waals surface area contributed by atoms with Gasteiger partial charge in [0.1, 0.15) is 40.5 Å². The highest BCUT2D eigenvalue weighted by Gasteiger charge is 2.41. The summed E-state index contributed by atoms with van der Waals surface area (Å²) in [5, 5.41) is 2.84. The first kappa shape index (κ1) is 23.6. The number of nitrogens with one attached hydrogen (secondary N) is 1. The van der Waals surface area contributed by atoms with Crippen molar-refractivity contribution in [3.63, 3.8) is 0 Å². The van der Waals surface area contributed by atoms with E-state index in [0.29, 0.717) is 11.9 Å². The Morgan fingerprint density at radius 1 is 1.12 bits per heavy atom. The molecule has 0 saturated carbocycles. The van der Waals surface area contributed by atoms with Crippen molar-refractivity contribution in [1.29, 1.82) is 0 Å². The Bertz CT molecular complexity index is 1230. The van der Waals surface area contributed by atoms with Crippen LogP contribution in [0.4, 0.5) is 33.6 Å². The fraction of sp³-hybridized carbons (Fsp3) is 0.318. The van der Waals surface area contributed by atoms with Gasteiger partial charge in [0.05, 0.1) is 12.1 Å². The number of hydrogen-bond donors (Lipinski definition) is 2. The highest BCUT2D eigenvalue weighted by atomic mass is 19.4. The van der Waals surface area contributed by atoms with Gasteiger partial charge in [-0.3, -0.25) is 4.79 Å². The summed E-state index contributed by atoms with van der Waals surface area (Å²) in [6, 6.07) is 6.20. The zero-order chi connectivity index (χ0) is 24.8. The van der Waals surface area contributed by atoms with Crippen LogP contribution in [-0.4, -0.2) is 38.4 Å². The number of amides is 1. The Balaban J connectivity index is 1.89. The maximum atomic E-state index is 14.0. The fourth-order valence-corrected chi connectivity index (χ4v) is 4.09. The van der Waals surface area contributed by atoms with E-state index in [4.69, 9.17) is 5.73 Å². The highest BCUT2D eigenvalue weighted by Crippen LogP contribution is 2.40. The highest BCUT2D eigenvalue weighted by molar-refractivity contribution is 5.80. The van der Waals surface area contributed by atoms with E-state index in [-0.39, 0.29) is 48.4 Å². The van der Waals surface area contributed by atoms with E-state index >= 15 is 0 Å². The molecule has 1 aliphatic rings. The lowest BCUT2D eigenvalue weighted by Gasteiger charge is -2.42. The number of nitrogens with two attached hydrogens (primary N) is 1. The van der Waals surface area contributed by atoms with Crippen LogP contribution in [0.1, 0.15) is 25.4 Å². The summed E-state index contributed by atoms with van der Waals surface area (Å²) in [5.41, 5.74) is 3.65.